The van der Waals surface area contributed by atoms with Gasteiger partial charge in [-0.2, -0.15) is 0 Å². The number of benzene rings is 2. The van der Waals surface area contributed by atoms with Gasteiger partial charge >= 0.3 is 0 Å². The highest BCUT2D eigenvalue weighted by atomic mass is 19.1. The quantitative estimate of drug-likeness (QED) is 0.715. The highest BCUT2D eigenvalue weighted by Gasteiger charge is 2.41. The number of hydrogen-bond acceptors (Lipinski definition) is 4. The van der Waals surface area contributed by atoms with Gasteiger partial charge in [0.2, 0.25) is 11.8 Å². The van der Waals surface area contributed by atoms with E-state index in [1.54, 1.807) is 12.1 Å². The van der Waals surface area contributed by atoms with Crippen molar-refractivity contribution in [2.75, 3.05) is 13.2 Å². The largest absolute Gasteiger partial charge is 0.420 e. The second-order valence-electron chi connectivity index (χ2n) is 6.43. The predicted molar refractivity (Wildman–Crippen MR) is 91.7 cm³/mol. The first-order valence-electron chi connectivity index (χ1n) is 8.43. The Morgan fingerprint density at radius 1 is 1.00 bits per heavy atom. The van der Waals surface area contributed by atoms with Crippen LogP contribution < -0.4 is 0 Å². The van der Waals surface area contributed by atoms with Crippen LogP contribution >= 0.6 is 0 Å². The molecule has 4 nitrogen and oxygen atoms in total. The summed E-state index contributed by atoms with van der Waals surface area (Å²) in [5.41, 5.74) is 2.34. The van der Waals surface area contributed by atoms with E-state index in [-0.39, 0.29) is 5.82 Å². The van der Waals surface area contributed by atoms with Gasteiger partial charge in [-0.1, -0.05) is 30.3 Å². The fourth-order valence-corrected chi connectivity index (χ4v) is 3.47. The van der Waals surface area contributed by atoms with Gasteiger partial charge in [0.05, 0.1) is 5.41 Å². The molecule has 1 aliphatic rings. The Kier molecular flexibility index (Phi) is 4.09. The average molecular weight is 338 g/mol. The maximum absolute atomic E-state index is 13.8. The number of rotatable bonds is 3. The first kappa shape index (κ1) is 16.0. The van der Waals surface area contributed by atoms with E-state index in [4.69, 9.17) is 9.15 Å². The molecule has 0 saturated carbocycles. The molecule has 0 atom stereocenters. The molecular weight excluding hydrogens is 319 g/mol. The third-order valence-electron chi connectivity index (χ3n) is 4.93. The number of nitrogens with zero attached hydrogens (tertiary/aromatic N) is 2. The van der Waals surface area contributed by atoms with Crippen molar-refractivity contribution in [3.05, 3.63) is 71.4 Å². The molecule has 25 heavy (non-hydrogen) atoms. The zero-order valence-corrected chi connectivity index (χ0v) is 14.0. The summed E-state index contributed by atoms with van der Waals surface area (Å²) in [6.45, 7) is 3.17. The van der Waals surface area contributed by atoms with Gasteiger partial charge in [0.1, 0.15) is 5.82 Å². The second kappa shape index (κ2) is 6.41. The molecule has 1 aliphatic heterocycles. The fraction of sp³-hybridized carbons (Fsp3) is 0.300. The lowest BCUT2D eigenvalue weighted by molar-refractivity contribution is 0.0545. The zero-order chi connectivity index (χ0) is 17.3. The number of hydrogen-bond donors (Lipinski definition) is 0. The fourth-order valence-electron chi connectivity index (χ4n) is 3.47. The Labute approximate surface area is 145 Å². The highest BCUT2D eigenvalue weighted by molar-refractivity contribution is 5.57. The van der Waals surface area contributed by atoms with Crippen molar-refractivity contribution in [1.29, 1.82) is 0 Å². The van der Waals surface area contributed by atoms with E-state index in [1.807, 2.05) is 37.3 Å². The van der Waals surface area contributed by atoms with Crippen LogP contribution in [0.5, 0.6) is 0 Å². The topological polar surface area (TPSA) is 48.2 Å². The van der Waals surface area contributed by atoms with Crippen LogP contribution in [0.1, 0.15) is 29.9 Å². The van der Waals surface area contributed by atoms with E-state index < -0.39 is 5.41 Å². The number of aryl methyl sites for hydroxylation is 1. The summed E-state index contributed by atoms with van der Waals surface area (Å²) in [6, 6.07) is 14.5. The van der Waals surface area contributed by atoms with Crippen molar-refractivity contribution < 1.29 is 13.5 Å². The minimum absolute atomic E-state index is 0.262. The molecule has 0 aliphatic carbocycles. The second-order valence-corrected chi connectivity index (χ2v) is 6.43. The van der Waals surface area contributed by atoms with E-state index in [0.29, 0.717) is 37.8 Å². The lowest BCUT2D eigenvalue weighted by atomic mass is 9.74. The highest BCUT2D eigenvalue weighted by Crippen LogP contribution is 2.41. The van der Waals surface area contributed by atoms with Crippen LogP contribution in [0.4, 0.5) is 4.39 Å². The summed E-state index contributed by atoms with van der Waals surface area (Å²) >= 11 is 0. The monoisotopic (exact) mass is 338 g/mol. The van der Waals surface area contributed by atoms with Crippen LogP contribution in [0.25, 0.3) is 11.5 Å². The first-order chi connectivity index (χ1) is 12.2. The van der Waals surface area contributed by atoms with Gasteiger partial charge in [-0.25, -0.2) is 4.39 Å². The molecule has 5 heteroatoms. The Morgan fingerprint density at radius 3 is 2.56 bits per heavy atom. The van der Waals surface area contributed by atoms with Crippen LogP contribution in [0.15, 0.2) is 52.9 Å². The van der Waals surface area contributed by atoms with E-state index in [1.165, 1.54) is 6.07 Å². The van der Waals surface area contributed by atoms with E-state index in [9.17, 15) is 4.39 Å². The SMILES string of the molecule is Cc1ccccc1-c1nnc(C2(c3cccc(F)c3)CCOCC2)o1. The lowest BCUT2D eigenvalue weighted by Crippen LogP contribution is -2.35. The molecule has 2 heterocycles. The summed E-state index contributed by atoms with van der Waals surface area (Å²) in [5.74, 6) is 0.761. The van der Waals surface area contributed by atoms with Crippen molar-refractivity contribution in [3.63, 3.8) is 0 Å². The van der Waals surface area contributed by atoms with Gasteiger partial charge < -0.3 is 9.15 Å². The van der Waals surface area contributed by atoms with Crippen LogP contribution in [-0.4, -0.2) is 23.4 Å². The molecule has 2 aromatic carbocycles. The van der Waals surface area contributed by atoms with Crippen molar-refractivity contribution in [2.24, 2.45) is 0 Å². The summed E-state index contributed by atoms with van der Waals surface area (Å²) in [7, 11) is 0. The molecule has 0 unspecified atom stereocenters. The maximum atomic E-state index is 13.8. The van der Waals surface area contributed by atoms with Crippen molar-refractivity contribution in [1.82, 2.24) is 10.2 Å². The Morgan fingerprint density at radius 2 is 1.80 bits per heavy atom. The van der Waals surface area contributed by atoms with Crippen molar-refractivity contribution in [3.8, 4) is 11.5 Å². The molecule has 128 valence electrons. The number of ether oxygens (including phenoxy) is 1. The van der Waals surface area contributed by atoms with Crippen LogP contribution in [0.2, 0.25) is 0 Å². The molecule has 0 spiro atoms. The Bertz CT molecular complexity index is 885. The van der Waals surface area contributed by atoms with E-state index in [2.05, 4.69) is 10.2 Å². The Balaban J connectivity index is 1.80. The number of aromatic nitrogens is 2. The molecule has 3 aromatic rings. The predicted octanol–water partition coefficient (Wildman–Crippen LogP) is 4.28. The van der Waals surface area contributed by atoms with Gasteiger partial charge in [0, 0.05) is 18.8 Å². The summed E-state index contributed by atoms with van der Waals surface area (Å²) in [4.78, 5) is 0. The minimum atomic E-state index is -0.506. The summed E-state index contributed by atoms with van der Waals surface area (Å²) in [6.07, 6.45) is 1.37. The minimum Gasteiger partial charge on any atom is -0.420 e. The number of halogens is 1. The molecule has 4 rings (SSSR count). The third kappa shape index (κ3) is 2.85. The van der Waals surface area contributed by atoms with Gasteiger partial charge in [-0.05, 0) is 49.1 Å². The van der Waals surface area contributed by atoms with Crippen molar-refractivity contribution in [2.45, 2.75) is 25.2 Å². The Hall–Kier alpha value is -2.53. The van der Waals surface area contributed by atoms with Crippen LogP contribution in [-0.2, 0) is 10.2 Å². The molecule has 1 saturated heterocycles. The van der Waals surface area contributed by atoms with Gasteiger partial charge in [-0.15, -0.1) is 10.2 Å². The molecule has 1 fully saturated rings. The van der Waals surface area contributed by atoms with Gasteiger partial charge in [0.25, 0.3) is 0 Å². The zero-order valence-electron chi connectivity index (χ0n) is 14.0. The van der Waals surface area contributed by atoms with Gasteiger partial charge in [0.15, 0.2) is 0 Å². The molecule has 1 aromatic heterocycles. The third-order valence-corrected chi connectivity index (χ3v) is 4.93. The molecule has 0 amide bonds. The smallest absolute Gasteiger partial charge is 0.248 e. The van der Waals surface area contributed by atoms with E-state index in [0.717, 1.165) is 16.7 Å². The maximum Gasteiger partial charge on any atom is 0.248 e. The van der Waals surface area contributed by atoms with Crippen molar-refractivity contribution >= 4 is 0 Å². The summed E-state index contributed by atoms with van der Waals surface area (Å²) < 4.78 is 25.4. The average Bonchev–Trinajstić information content (AvgIpc) is 3.13. The standard InChI is InChI=1S/C20H19FN2O2/c1-14-5-2-3-8-17(14)18-22-23-19(25-18)20(9-11-24-12-10-20)15-6-4-7-16(21)13-15/h2-8,13H,9-12H2,1H3. The molecular formula is C20H19FN2O2. The van der Waals surface area contributed by atoms with Gasteiger partial charge in [-0.3, -0.25) is 0 Å². The van der Waals surface area contributed by atoms with Crippen LogP contribution in [0.3, 0.4) is 0 Å². The normalized spacial score (nSPS) is 16.7. The molecule has 0 N–H and O–H groups in total. The van der Waals surface area contributed by atoms with E-state index >= 15 is 0 Å². The lowest BCUT2D eigenvalue weighted by Gasteiger charge is -2.34. The molecule has 0 bridgehead atoms. The summed E-state index contributed by atoms with van der Waals surface area (Å²) in [5, 5.41) is 8.61. The first-order valence-corrected chi connectivity index (χ1v) is 8.43. The van der Waals surface area contributed by atoms with Crippen LogP contribution in [0, 0.1) is 12.7 Å². The molecule has 0 radical (unpaired) electrons.